The van der Waals surface area contributed by atoms with Crippen molar-refractivity contribution >= 4 is 33.2 Å². The number of ether oxygens (including phenoxy) is 1. The number of hydrogen-bond donors (Lipinski definition) is 1. The van der Waals surface area contributed by atoms with Gasteiger partial charge in [-0.25, -0.2) is 0 Å². The third kappa shape index (κ3) is 4.52. The number of carbonyl (C=O) groups excluding carboxylic acids is 1. The second-order valence-electron chi connectivity index (χ2n) is 5.97. The van der Waals surface area contributed by atoms with Crippen LogP contribution in [0, 0.1) is 17.0 Å². The summed E-state index contributed by atoms with van der Waals surface area (Å²) in [5, 5.41) is 18.2. The highest BCUT2D eigenvalue weighted by molar-refractivity contribution is 9.10. The molecule has 0 saturated heterocycles. The van der Waals surface area contributed by atoms with Gasteiger partial charge in [0.2, 0.25) is 5.91 Å². The van der Waals surface area contributed by atoms with E-state index >= 15 is 0 Å². The highest BCUT2D eigenvalue weighted by atomic mass is 79.9. The second kappa shape index (κ2) is 8.17. The Morgan fingerprint density at radius 1 is 1.36 bits per heavy atom. The maximum absolute atomic E-state index is 12.6. The van der Waals surface area contributed by atoms with E-state index in [0.29, 0.717) is 5.75 Å². The van der Waals surface area contributed by atoms with Gasteiger partial charge in [0, 0.05) is 24.5 Å². The molecule has 28 heavy (non-hydrogen) atoms. The number of nitro groups is 1. The number of non-ortho nitro benzene ring substituents is 1. The van der Waals surface area contributed by atoms with Crippen molar-refractivity contribution in [3.63, 3.8) is 0 Å². The Kier molecular flexibility index (Phi) is 5.69. The van der Waals surface area contributed by atoms with Gasteiger partial charge in [-0.05, 0) is 41.9 Å². The number of pyridine rings is 1. The van der Waals surface area contributed by atoms with E-state index in [9.17, 15) is 14.9 Å². The van der Waals surface area contributed by atoms with Crippen molar-refractivity contribution in [2.75, 3.05) is 5.32 Å². The number of nitro benzene ring substituents is 1. The Hall–Kier alpha value is -3.27. The van der Waals surface area contributed by atoms with Crippen molar-refractivity contribution in [3.8, 4) is 11.5 Å². The SMILES string of the molecule is Cc1nn(C(C)C(=O)Nc2cc(Oc3cccnc3)cc([N+](=O)[O-])c2)cc1Br. The van der Waals surface area contributed by atoms with Crippen LogP contribution in [0.15, 0.2) is 53.4 Å². The molecule has 0 aliphatic carbocycles. The molecule has 0 spiro atoms. The van der Waals surface area contributed by atoms with E-state index < -0.39 is 11.0 Å². The Bertz CT molecular complexity index is 1000. The molecule has 2 heterocycles. The van der Waals surface area contributed by atoms with Gasteiger partial charge in [-0.1, -0.05) is 0 Å². The maximum atomic E-state index is 12.6. The van der Waals surface area contributed by atoms with E-state index in [1.807, 2.05) is 6.92 Å². The molecule has 0 radical (unpaired) electrons. The van der Waals surface area contributed by atoms with Crippen LogP contribution in [0.5, 0.6) is 11.5 Å². The molecular weight excluding hydrogens is 430 g/mol. The number of amides is 1. The molecule has 1 unspecified atom stereocenters. The number of nitrogens with one attached hydrogen (secondary N) is 1. The summed E-state index contributed by atoms with van der Waals surface area (Å²) in [5.41, 5.74) is 0.789. The first-order chi connectivity index (χ1) is 13.3. The number of anilines is 1. The maximum Gasteiger partial charge on any atom is 0.275 e. The summed E-state index contributed by atoms with van der Waals surface area (Å²) in [6.45, 7) is 3.49. The molecule has 1 atom stereocenters. The van der Waals surface area contributed by atoms with Crippen LogP contribution in [0.25, 0.3) is 0 Å². The summed E-state index contributed by atoms with van der Waals surface area (Å²) in [5.74, 6) is 0.260. The summed E-state index contributed by atoms with van der Waals surface area (Å²) in [4.78, 5) is 27.2. The Morgan fingerprint density at radius 3 is 2.75 bits per heavy atom. The number of aryl methyl sites for hydroxylation is 1. The molecule has 9 nitrogen and oxygen atoms in total. The summed E-state index contributed by atoms with van der Waals surface area (Å²) in [7, 11) is 0. The van der Waals surface area contributed by atoms with Crippen molar-refractivity contribution < 1.29 is 14.5 Å². The average Bonchev–Trinajstić information content (AvgIpc) is 3.00. The van der Waals surface area contributed by atoms with Crippen molar-refractivity contribution in [2.24, 2.45) is 0 Å². The third-order valence-corrected chi connectivity index (χ3v) is 4.65. The lowest BCUT2D eigenvalue weighted by Gasteiger charge is -2.13. The zero-order chi connectivity index (χ0) is 20.3. The van der Waals surface area contributed by atoms with Gasteiger partial charge in [0.05, 0.1) is 33.0 Å². The van der Waals surface area contributed by atoms with Crippen LogP contribution in [0.1, 0.15) is 18.7 Å². The number of halogens is 1. The van der Waals surface area contributed by atoms with Crippen molar-refractivity contribution in [2.45, 2.75) is 19.9 Å². The van der Waals surface area contributed by atoms with Crippen molar-refractivity contribution in [1.29, 1.82) is 0 Å². The van der Waals surface area contributed by atoms with Gasteiger partial charge < -0.3 is 10.1 Å². The molecular formula is C18H16BrN5O4. The molecule has 0 aliphatic heterocycles. The van der Waals surface area contributed by atoms with Gasteiger partial charge in [0.1, 0.15) is 17.5 Å². The number of rotatable bonds is 6. The van der Waals surface area contributed by atoms with Crippen LogP contribution < -0.4 is 10.1 Å². The summed E-state index contributed by atoms with van der Waals surface area (Å²) >= 11 is 3.36. The normalized spacial score (nSPS) is 11.7. The van der Waals surface area contributed by atoms with E-state index in [0.717, 1.165) is 10.2 Å². The molecule has 144 valence electrons. The van der Waals surface area contributed by atoms with Crippen LogP contribution in [0.4, 0.5) is 11.4 Å². The lowest BCUT2D eigenvalue weighted by Crippen LogP contribution is -2.24. The first-order valence-corrected chi connectivity index (χ1v) is 9.02. The zero-order valence-electron chi connectivity index (χ0n) is 15.0. The van der Waals surface area contributed by atoms with Gasteiger partial charge in [-0.3, -0.25) is 24.6 Å². The molecule has 2 aromatic heterocycles. The van der Waals surface area contributed by atoms with Crippen molar-refractivity contribution in [1.82, 2.24) is 14.8 Å². The number of nitrogens with zero attached hydrogens (tertiary/aromatic N) is 4. The van der Waals surface area contributed by atoms with Gasteiger partial charge in [0.15, 0.2) is 0 Å². The minimum absolute atomic E-state index is 0.206. The van der Waals surface area contributed by atoms with Gasteiger partial charge >= 0.3 is 0 Å². The number of benzene rings is 1. The van der Waals surface area contributed by atoms with Gasteiger partial charge in [0.25, 0.3) is 5.69 Å². The Balaban J connectivity index is 1.83. The predicted octanol–water partition coefficient (Wildman–Crippen LogP) is 4.25. The lowest BCUT2D eigenvalue weighted by molar-refractivity contribution is -0.384. The van der Waals surface area contributed by atoms with E-state index in [2.05, 4.69) is 31.3 Å². The molecule has 1 aromatic carbocycles. The van der Waals surface area contributed by atoms with Crippen molar-refractivity contribution in [3.05, 3.63) is 69.2 Å². The molecule has 0 aliphatic rings. The van der Waals surface area contributed by atoms with E-state index in [1.54, 1.807) is 31.5 Å². The molecule has 3 rings (SSSR count). The molecule has 1 N–H and O–H groups in total. The lowest BCUT2D eigenvalue weighted by atomic mass is 10.2. The fourth-order valence-electron chi connectivity index (χ4n) is 2.39. The first kappa shape index (κ1) is 19.5. The van der Waals surface area contributed by atoms with Gasteiger partial charge in [-0.15, -0.1) is 0 Å². The molecule has 3 aromatic rings. The minimum Gasteiger partial charge on any atom is -0.455 e. The third-order valence-electron chi connectivity index (χ3n) is 3.87. The van der Waals surface area contributed by atoms with Crippen LogP contribution in [-0.4, -0.2) is 25.6 Å². The largest absolute Gasteiger partial charge is 0.455 e. The van der Waals surface area contributed by atoms with E-state index in [-0.39, 0.29) is 23.0 Å². The molecule has 0 saturated carbocycles. The summed E-state index contributed by atoms with van der Waals surface area (Å²) in [6.07, 6.45) is 4.77. The molecule has 1 amide bonds. The van der Waals surface area contributed by atoms with Crippen LogP contribution in [0.3, 0.4) is 0 Å². The zero-order valence-corrected chi connectivity index (χ0v) is 16.6. The van der Waals surface area contributed by atoms with Gasteiger partial charge in [-0.2, -0.15) is 5.10 Å². The van der Waals surface area contributed by atoms with E-state index in [1.165, 1.54) is 29.1 Å². The number of carbonyl (C=O) groups is 1. The Morgan fingerprint density at radius 2 is 2.14 bits per heavy atom. The predicted molar refractivity (Wildman–Crippen MR) is 105 cm³/mol. The number of hydrogen-bond acceptors (Lipinski definition) is 6. The fourth-order valence-corrected chi connectivity index (χ4v) is 2.68. The highest BCUT2D eigenvalue weighted by Gasteiger charge is 2.19. The van der Waals surface area contributed by atoms with Crippen LogP contribution in [-0.2, 0) is 4.79 Å². The number of aromatic nitrogens is 3. The minimum atomic E-state index is -0.619. The summed E-state index contributed by atoms with van der Waals surface area (Å²) < 4.78 is 7.91. The monoisotopic (exact) mass is 445 g/mol. The van der Waals surface area contributed by atoms with Crippen LogP contribution >= 0.6 is 15.9 Å². The highest BCUT2D eigenvalue weighted by Crippen LogP contribution is 2.30. The van der Waals surface area contributed by atoms with Crippen LogP contribution in [0.2, 0.25) is 0 Å². The smallest absolute Gasteiger partial charge is 0.275 e. The Labute approximate surface area is 168 Å². The summed E-state index contributed by atoms with van der Waals surface area (Å²) in [6, 6.07) is 6.79. The first-order valence-electron chi connectivity index (χ1n) is 8.23. The standard InChI is InChI=1S/C18H16BrN5O4/c1-11-17(19)10-23(22-11)12(2)18(25)21-13-6-14(24(26)27)8-16(7-13)28-15-4-3-5-20-9-15/h3-10,12H,1-2H3,(H,21,25). The average molecular weight is 446 g/mol. The molecule has 0 bridgehead atoms. The van der Waals surface area contributed by atoms with E-state index in [4.69, 9.17) is 4.74 Å². The topological polar surface area (TPSA) is 112 Å². The molecule has 0 fully saturated rings. The fraction of sp³-hybridized carbons (Fsp3) is 0.167. The molecule has 10 heteroatoms. The quantitative estimate of drug-likeness (QED) is 0.448. The second-order valence-corrected chi connectivity index (χ2v) is 6.83.